The van der Waals surface area contributed by atoms with Gasteiger partial charge in [-0.3, -0.25) is 4.79 Å². The van der Waals surface area contributed by atoms with Gasteiger partial charge in [0.2, 0.25) is 0 Å². The Morgan fingerprint density at radius 2 is 2.04 bits per heavy atom. The first-order valence-corrected chi connectivity index (χ1v) is 8.33. The van der Waals surface area contributed by atoms with Crippen LogP contribution in [0.25, 0.3) is 0 Å². The third-order valence-electron chi connectivity index (χ3n) is 4.30. The Bertz CT molecular complexity index is 727. The molecule has 2 aromatic carbocycles. The second kappa shape index (κ2) is 6.73. The zero-order valence-corrected chi connectivity index (χ0v) is 14.2. The van der Waals surface area contributed by atoms with Crippen LogP contribution in [-0.2, 0) is 6.54 Å². The molecule has 23 heavy (non-hydrogen) atoms. The van der Waals surface area contributed by atoms with E-state index in [1.54, 1.807) is 12.1 Å². The van der Waals surface area contributed by atoms with E-state index in [0.717, 1.165) is 13.1 Å². The van der Waals surface area contributed by atoms with Crippen LogP contribution in [-0.4, -0.2) is 12.5 Å². The van der Waals surface area contributed by atoms with E-state index in [-0.39, 0.29) is 11.9 Å². The maximum Gasteiger partial charge on any atom is 0.253 e. The molecule has 0 fully saturated rings. The topological polar surface area (TPSA) is 41.1 Å². The number of hydrogen-bond acceptors (Lipinski definition) is 2. The van der Waals surface area contributed by atoms with E-state index in [9.17, 15) is 4.79 Å². The first kappa shape index (κ1) is 16.0. The van der Waals surface area contributed by atoms with E-state index < -0.39 is 0 Å². The van der Waals surface area contributed by atoms with Crippen molar-refractivity contribution in [3.05, 3.63) is 69.7 Å². The molecule has 1 atom stereocenters. The third-order valence-corrected chi connectivity index (χ3v) is 4.63. The molecule has 0 saturated heterocycles. The standard InChI is InChI=1S/C19H21ClN2O/c1-12(2)13-7-8-15-14(9-13)10-21-11-18(15)22-19(23)16-5-3-4-6-17(16)20/h3-9,12,18,21H,10-11H2,1-2H3,(H,22,23). The molecule has 4 heteroatoms. The van der Waals surface area contributed by atoms with Gasteiger partial charge in [0.1, 0.15) is 0 Å². The number of halogens is 1. The van der Waals surface area contributed by atoms with Crippen LogP contribution in [0.1, 0.15) is 52.9 Å². The summed E-state index contributed by atoms with van der Waals surface area (Å²) in [5.41, 5.74) is 4.28. The van der Waals surface area contributed by atoms with Crippen molar-refractivity contribution in [2.75, 3.05) is 6.54 Å². The van der Waals surface area contributed by atoms with Crippen LogP contribution in [0.2, 0.25) is 5.02 Å². The maximum absolute atomic E-state index is 12.5. The summed E-state index contributed by atoms with van der Waals surface area (Å²) in [6.07, 6.45) is 0. The van der Waals surface area contributed by atoms with Crippen molar-refractivity contribution in [2.45, 2.75) is 32.4 Å². The van der Waals surface area contributed by atoms with Gasteiger partial charge in [0.15, 0.2) is 0 Å². The highest BCUT2D eigenvalue weighted by atomic mass is 35.5. The Morgan fingerprint density at radius 1 is 1.26 bits per heavy atom. The van der Waals surface area contributed by atoms with E-state index in [4.69, 9.17) is 11.6 Å². The molecule has 0 radical (unpaired) electrons. The van der Waals surface area contributed by atoms with Crippen molar-refractivity contribution in [2.24, 2.45) is 0 Å². The number of nitrogens with one attached hydrogen (secondary N) is 2. The van der Waals surface area contributed by atoms with E-state index in [1.165, 1.54) is 16.7 Å². The molecule has 2 aromatic rings. The minimum atomic E-state index is -0.136. The molecule has 2 N–H and O–H groups in total. The summed E-state index contributed by atoms with van der Waals surface area (Å²) < 4.78 is 0. The fourth-order valence-corrected chi connectivity index (χ4v) is 3.17. The molecule has 1 unspecified atom stereocenters. The molecule has 0 saturated carbocycles. The smallest absolute Gasteiger partial charge is 0.253 e. The van der Waals surface area contributed by atoms with Crippen LogP contribution < -0.4 is 10.6 Å². The van der Waals surface area contributed by atoms with Crippen LogP contribution in [0, 0.1) is 0 Å². The minimum Gasteiger partial charge on any atom is -0.344 e. The van der Waals surface area contributed by atoms with Crippen LogP contribution in [0.3, 0.4) is 0 Å². The zero-order chi connectivity index (χ0) is 16.4. The number of rotatable bonds is 3. The highest BCUT2D eigenvalue weighted by molar-refractivity contribution is 6.33. The average molecular weight is 329 g/mol. The van der Waals surface area contributed by atoms with E-state index in [2.05, 4.69) is 42.7 Å². The molecule has 1 aliphatic heterocycles. The number of hydrogen-bond donors (Lipinski definition) is 2. The molecule has 120 valence electrons. The summed E-state index contributed by atoms with van der Waals surface area (Å²) in [7, 11) is 0. The fraction of sp³-hybridized carbons (Fsp3) is 0.316. The highest BCUT2D eigenvalue weighted by Crippen LogP contribution is 2.26. The molecule has 1 amide bonds. The lowest BCUT2D eigenvalue weighted by Gasteiger charge is -2.28. The Morgan fingerprint density at radius 3 is 2.78 bits per heavy atom. The van der Waals surface area contributed by atoms with Gasteiger partial charge in [-0.2, -0.15) is 0 Å². The lowest BCUT2D eigenvalue weighted by atomic mass is 9.91. The van der Waals surface area contributed by atoms with Gasteiger partial charge in [-0.1, -0.05) is 55.8 Å². The summed E-state index contributed by atoms with van der Waals surface area (Å²) in [6, 6.07) is 13.6. The molecule has 1 aliphatic rings. The summed E-state index contributed by atoms with van der Waals surface area (Å²) in [4.78, 5) is 12.5. The Balaban J connectivity index is 1.83. The highest BCUT2D eigenvalue weighted by Gasteiger charge is 2.23. The molecule has 0 aliphatic carbocycles. The van der Waals surface area contributed by atoms with Crippen molar-refractivity contribution in [1.29, 1.82) is 0 Å². The quantitative estimate of drug-likeness (QED) is 0.893. The average Bonchev–Trinajstić information content (AvgIpc) is 2.55. The predicted octanol–water partition coefficient (Wildman–Crippen LogP) is 4.04. The fourth-order valence-electron chi connectivity index (χ4n) is 2.95. The van der Waals surface area contributed by atoms with Gasteiger partial charge in [-0.05, 0) is 34.7 Å². The zero-order valence-electron chi connectivity index (χ0n) is 13.4. The molecular formula is C19H21ClN2O. The molecule has 0 bridgehead atoms. The number of amides is 1. The number of fused-ring (bicyclic) bond motifs is 1. The Hall–Kier alpha value is -1.84. The lowest BCUT2D eigenvalue weighted by Crippen LogP contribution is -2.39. The van der Waals surface area contributed by atoms with Crippen molar-refractivity contribution in [3.8, 4) is 0 Å². The first-order valence-electron chi connectivity index (χ1n) is 7.95. The van der Waals surface area contributed by atoms with Gasteiger partial charge in [-0.25, -0.2) is 0 Å². The van der Waals surface area contributed by atoms with Crippen LogP contribution in [0.15, 0.2) is 42.5 Å². The lowest BCUT2D eigenvalue weighted by molar-refractivity contribution is 0.0934. The maximum atomic E-state index is 12.5. The largest absolute Gasteiger partial charge is 0.344 e. The molecule has 0 aromatic heterocycles. The molecule has 0 spiro atoms. The van der Waals surface area contributed by atoms with Gasteiger partial charge in [0.05, 0.1) is 16.6 Å². The van der Waals surface area contributed by atoms with E-state index in [0.29, 0.717) is 16.5 Å². The summed E-state index contributed by atoms with van der Waals surface area (Å²) in [5.74, 6) is 0.363. The molecule has 3 nitrogen and oxygen atoms in total. The third kappa shape index (κ3) is 3.41. The van der Waals surface area contributed by atoms with Crippen LogP contribution in [0.4, 0.5) is 0 Å². The number of carbonyl (C=O) groups is 1. The predicted molar refractivity (Wildman–Crippen MR) is 93.9 cm³/mol. The van der Waals surface area contributed by atoms with Gasteiger partial charge < -0.3 is 10.6 Å². The van der Waals surface area contributed by atoms with Crippen LogP contribution in [0.5, 0.6) is 0 Å². The summed E-state index contributed by atoms with van der Waals surface area (Å²) in [6.45, 7) is 5.95. The molecular weight excluding hydrogens is 308 g/mol. The number of benzene rings is 2. The second-order valence-corrected chi connectivity index (χ2v) is 6.66. The van der Waals surface area contributed by atoms with Gasteiger partial charge in [-0.15, -0.1) is 0 Å². The van der Waals surface area contributed by atoms with Crippen molar-refractivity contribution in [3.63, 3.8) is 0 Å². The van der Waals surface area contributed by atoms with Gasteiger partial charge >= 0.3 is 0 Å². The van der Waals surface area contributed by atoms with Crippen LogP contribution >= 0.6 is 11.6 Å². The van der Waals surface area contributed by atoms with Crippen molar-refractivity contribution < 1.29 is 4.79 Å². The van der Waals surface area contributed by atoms with E-state index >= 15 is 0 Å². The Kier molecular flexibility index (Phi) is 4.69. The van der Waals surface area contributed by atoms with E-state index in [1.807, 2.05) is 12.1 Å². The van der Waals surface area contributed by atoms with Gasteiger partial charge in [0, 0.05) is 13.1 Å². The normalized spacial score (nSPS) is 17.0. The SMILES string of the molecule is CC(C)c1ccc2c(c1)CNCC2NC(=O)c1ccccc1Cl. The Labute approximate surface area is 142 Å². The monoisotopic (exact) mass is 328 g/mol. The number of carbonyl (C=O) groups excluding carboxylic acids is 1. The first-order chi connectivity index (χ1) is 11.1. The van der Waals surface area contributed by atoms with Crippen molar-refractivity contribution in [1.82, 2.24) is 10.6 Å². The summed E-state index contributed by atoms with van der Waals surface area (Å²) >= 11 is 6.12. The molecule has 3 rings (SSSR count). The second-order valence-electron chi connectivity index (χ2n) is 6.25. The van der Waals surface area contributed by atoms with Gasteiger partial charge in [0.25, 0.3) is 5.91 Å². The molecule has 1 heterocycles. The van der Waals surface area contributed by atoms with Crippen molar-refractivity contribution >= 4 is 17.5 Å². The summed E-state index contributed by atoms with van der Waals surface area (Å²) in [5, 5.41) is 6.95. The minimum absolute atomic E-state index is 0.0382.